The molecule has 4 heterocycles. The molecule has 4 aliphatic rings. The second-order valence-corrected chi connectivity index (χ2v) is 17.5. The zero-order valence-electron chi connectivity index (χ0n) is 30.4. The monoisotopic (exact) mass is 768 g/mol. The Balaban J connectivity index is 0.977. The molecular formula is C46H28N2O6S2. The SMILES string of the molecule is CC1(C)Oc2nc(C=C3C(=O)c4cc5ccccc5cc4C3=O)sc2-c2cc3c(cc21)-c1sc(C=C2C(=O)c4cc5ccccc5cc4C2=O)nc1OC3(C)C. The Kier molecular flexibility index (Phi) is 6.56. The fourth-order valence-electron chi connectivity index (χ4n) is 8.34. The minimum absolute atomic E-state index is 0.0858. The summed E-state index contributed by atoms with van der Waals surface area (Å²) in [5.41, 5.74) is 3.91. The number of ether oxygens (including phenoxy) is 2. The molecule has 0 unspecified atom stereocenters. The van der Waals surface area contributed by atoms with Crippen molar-refractivity contribution < 1.29 is 28.7 Å². The highest BCUT2D eigenvalue weighted by atomic mass is 32.1. The van der Waals surface area contributed by atoms with Gasteiger partial charge in [-0.1, -0.05) is 48.5 Å². The van der Waals surface area contributed by atoms with Crippen molar-refractivity contribution in [3.63, 3.8) is 0 Å². The number of aromatic nitrogens is 2. The smallest absolute Gasteiger partial charge is 0.234 e. The van der Waals surface area contributed by atoms with Gasteiger partial charge >= 0.3 is 0 Å². The summed E-state index contributed by atoms with van der Waals surface area (Å²) in [5.74, 6) is -0.381. The van der Waals surface area contributed by atoms with E-state index < -0.39 is 11.2 Å². The molecule has 2 aliphatic carbocycles. The molecule has 0 atom stereocenters. The van der Waals surface area contributed by atoms with Crippen LogP contribution in [-0.4, -0.2) is 33.1 Å². The molecule has 0 radical (unpaired) electrons. The molecule has 270 valence electrons. The molecule has 0 fully saturated rings. The Morgan fingerprint density at radius 1 is 0.482 bits per heavy atom. The standard InChI is InChI=1S/C46H28N2O6S2/c1-45(2)33-17-30-34(18-29(33)41-43(53-45)47-35(55-41)19-31-37(49)25-13-21-9-5-6-10-22(21)14-26(25)38(31)50)46(3,4)54-44-42(30)56-36(48-44)20-32-39(51)27-15-23-11-7-8-12-24(23)16-28(27)40(32)52/h5-20H,1-4H3. The summed E-state index contributed by atoms with van der Waals surface area (Å²) >= 11 is 2.73. The molecule has 7 aromatic rings. The summed E-state index contributed by atoms with van der Waals surface area (Å²) in [6.45, 7) is 7.93. The highest BCUT2D eigenvalue weighted by molar-refractivity contribution is 7.17. The summed E-state index contributed by atoms with van der Waals surface area (Å²) in [4.78, 5) is 65.4. The van der Waals surface area contributed by atoms with Crippen molar-refractivity contribution in [1.82, 2.24) is 9.97 Å². The van der Waals surface area contributed by atoms with Crippen molar-refractivity contribution in [1.29, 1.82) is 0 Å². The van der Waals surface area contributed by atoms with Crippen molar-refractivity contribution in [3.8, 4) is 32.6 Å². The van der Waals surface area contributed by atoms with Gasteiger partial charge in [0.05, 0.1) is 20.9 Å². The molecule has 0 spiro atoms. The Bertz CT molecular complexity index is 2800. The highest BCUT2D eigenvalue weighted by Crippen LogP contribution is 2.55. The molecule has 0 amide bonds. The summed E-state index contributed by atoms with van der Waals surface area (Å²) < 4.78 is 13.1. The number of Topliss-reactive ketones (excluding diaryl/α,β-unsaturated/α-hetero) is 4. The van der Waals surface area contributed by atoms with Crippen LogP contribution in [0.25, 0.3) is 54.6 Å². The third-order valence-corrected chi connectivity index (χ3v) is 13.2. The summed E-state index contributed by atoms with van der Waals surface area (Å²) in [6, 6.07) is 26.7. The largest absolute Gasteiger partial charge is 0.466 e. The van der Waals surface area contributed by atoms with Crippen molar-refractivity contribution in [2.75, 3.05) is 0 Å². The number of carbonyl (C=O) groups excluding carboxylic acids is 4. The van der Waals surface area contributed by atoms with Crippen LogP contribution in [0.3, 0.4) is 0 Å². The minimum atomic E-state index is -0.790. The van der Waals surface area contributed by atoms with E-state index in [4.69, 9.17) is 19.4 Å². The molecular weight excluding hydrogens is 741 g/mol. The lowest BCUT2D eigenvalue weighted by Gasteiger charge is -2.37. The quantitative estimate of drug-likeness (QED) is 0.126. The van der Waals surface area contributed by atoms with E-state index in [-0.39, 0.29) is 34.3 Å². The predicted molar refractivity (Wildman–Crippen MR) is 217 cm³/mol. The van der Waals surface area contributed by atoms with Gasteiger partial charge in [-0.05, 0) is 97.8 Å². The number of ketones is 4. The molecule has 11 rings (SSSR count). The predicted octanol–water partition coefficient (Wildman–Crippen LogP) is 10.4. The van der Waals surface area contributed by atoms with Crippen LogP contribution in [0.5, 0.6) is 11.8 Å². The number of carbonyl (C=O) groups is 4. The second-order valence-electron chi connectivity index (χ2n) is 15.5. The van der Waals surface area contributed by atoms with Gasteiger partial charge in [-0.2, -0.15) is 0 Å². The topological polar surface area (TPSA) is 113 Å². The number of hydrogen-bond acceptors (Lipinski definition) is 10. The van der Waals surface area contributed by atoms with Gasteiger partial charge in [-0.3, -0.25) is 19.2 Å². The van der Waals surface area contributed by atoms with Crippen molar-refractivity contribution in [3.05, 3.63) is 139 Å². The fraction of sp³-hybridized carbons (Fsp3) is 0.130. The lowest BCUT2D eigenvalue weighted by atomic mass is 9.81. The van der Waals surface area contributed by atoms with Gasteiger partial charge in [0, 0.05) is 44.5 Å². The summed E-state index contributed by atoms with van der Waals surface area (Å²) in [7, 11) is 0. The second kappa shape index (κ2) is 11.1. The molecule has 0 saturated carbocycles. The first-order valence-corrected chi connectivity index (χ1v) is 19.8. The van der Waals surface area contributed by atoms with Gasteiger partial charge in [0.2, 0.25) is 11.8 Å². The zero-order chi connectivity index (χ0) is 38.4. The average Bonchev–Trinajstić information content (AvgIpc) is 3.89. The molecule has 10 heteroatoms. The van der Waals surface area contributed by atoms with E-state index in [1.54, 1.807) is 36.4 Å². The number of allylic oxidation sites excluding steroid dienone is 2. The molecule has 0 saturated heterocycles. The number of thiazole rings is 2. The third kappa shape index (κ3) is 4.63. The normalized spacial score (nSPS) is 16.9. The van der Waals surface area contributed by atoms with E-state index in [0.29, 0.717) is 44.0 Å². The number of hydrogen-bond donors (Lipinski definition) is 0. The van der Waals surface area contributed by atoms with E-state index in [2.05, 4.69) is 12.1 Å². The number of fused-ring (bicyclic) bond motifs is 10. The molecule has 0 bridgehead atoms. The van der Waals surface area contributed by atoms with E-state index >= 15 is 0 Å². The molecule has 0 N–H and O–H groups in total. The molecule has 8 nitrogen and oxygen atoms in total. The molecule has 2 aromatic heterocycles. The van der Waals surface area contributed by atoms with Crippen molar-refractivity contribution >= 4 is 79.5 Å². The van der Waals surface area contributed by atoms with E-state index in [0.717, 1.165) is 53.6 Å². The Hall–Kier alpha value is -6.36. The van der Waals surface area contributed by atoms with Gasteiger partial charge in [0.15, 0.2) is 23.1 Å². The van der Waals surface area contributed by atoms with Gasteiger partial charge in [0.1, 0.15) is 21.2 Å². The van der Waals surface area contributed by atoms with Crippen LogP contribution in [0.2, 0.25) is 0 Å². The van der Waals surface area contributed by atoms with E-state index in [1.807, 2.05) is 76.2 Å². The summed E-state index contributed by atoms with van der Waals surface area (Å²) in [6.07, 6.45) is 3.17. The Morgan fingerprint density at radius 3 is 1.12 bits per heavy atom. The van der Waals surface area contributed by atoms with Gasteiger partial charge < -0.3 is 9.47 Å². The van der Waals surface area contributed by atoms with Crippen LogP contribution in [-0.2, 0) is 11.2 Å². The molecule has 56 heavy (non-hydrogen) atoms. The number of benzene rings is 5. The van der Waals surface area contributed by atoms with Crippen LogP contribution in [0.4, 0.5) is 0 Å². The highest BCUT2D eigenvalue weighted by Gasteiger charge is 2.42. The van der Waals surface area contributed by atoms with Crippen LogP contribution >= 0.6 is 22.7 Å². The van der Waals surface area contributed by atoms with E-state index in [9.17, 15) is 19.2 Å². The average molecular weight is 769 g/mol. The number of nitrogens with zero attached hydrogens (tertiary/aromatic N) is 2. The first-order valence-electron chi connectivity index (χ1n) is 18.1. The summed E-state index contributed by atoms with van der Waals surface area (Å²) in [5, 5.41) is 4.60. The first kappa shape index (κ1) is 33.0. The third-order valence-electron chi connectivity index (χ3n) is 11.1. The van der Waals surface area contributed by atoms with Gasteiger partial charge in [0.25, 0.3) is 0 Å². The van der Waals surface area contributed by atoms with Crippen LogP contribution < -0.4 is 9.47 Å². The Morgan fingerprint density at radius 2 is 0.804 bits per heavy atom. The lowest BCUT2D eigenvalue weighted by Crippen LogP contribution is -2.32. The number of rotatable bonds is 2. The van der Waals surface area contributed by atoms with Crippen LogP contribution in [0.15, 0.2) is 96.1 Å². The molecule has 2 aliphatic heterocycles. The maximum Gasteiger partial charge on any atom is 0.234 e. The maximum atomic E-state index is 13.6. The molecule has 5 aromatic carbocycles. The minimum Gasteiger partial charge on any atom is -0.466 e. The Labute approximate surface area is 327 Å². The fourth-order valence-corrected chi connectivity index (χ4v) is 10.3. The van der Waals surface area contributed by atoms with Gasteiger partial charge in [-0.25, -0.2) is 9.97 Å². The maximum absolute atomic E-state index is 13.6. The van der Waals surface area contributed by atoms with Crippen molar-refractivity contribution in [2.24, 2.45) is 0 Å². The van der Waals surface area contributed by atoms with Crippen LogP contribution in [0.1, 0.15) is 90.3 Å². The van der Waals surface area contributed by atoms with Crippen LogP contribution in [0, 0.1) is 0 Å². The van der Waals surface area contributed by atoms with Gasteiger partial charge in [-0.15, -0.1) is 22.7 Å². The first-order chi connectivity index (χ1) is 26.8. The lowest BCUT2D eigenvalue weighted by molar-refractivity contribution is 0.0952. The zero-order valence-corrected chi connectivity index (χ0v) is 32.0. The van der Waals surface area contributed by atoms with Crippen molar-refractivity contribution in [2.45, 2.75) is 38.9 Å². The van der Waals surface area contributed by atoms with E-state index in [1.165, 1.54) is 22.7 Å².